The number of amides is 2. The summed E-state index contributed by atoms with van der Waals surface area (Å²) in [7, 11) is 0. The van der Waals surface area contributed by atoms with E-state index < -0.39 is 0 Å². The van der Waals surface area contributed by atoms with E-state index in [1.165, 1.54) is 11.3 Å². The highest BCUT2D eigenvalue weighted by Gasteiger charge is 2.15. The fraction of sp³-hybridized carbons (Fsp3) is 0.375. The maximum absolute atomic E-state index is 12.6. The van der Waals surface area contributed by atoms with Crippen LogP contribution in [0.3, 0.4) is 0 Å². The van der Waals surface area contributed by atoms with Gasteiger partial charge in [0.2, 0.25) is 17.8 Å². The molecule has 1 aliphatic rings. The largest absolute Gasteiger partial charge is 0.378 e. The van der Waals surface area contributed by atoms with Gasteiger partial charge in [-0.15, -0.1) is 0 Å². The van der Waals surface area contributed by atoms with Gasteiger partial charge in [-0.25, -0.2) is 15.0 Å². The van der Waals surface area contributed by atoms with Crippen molar-refractivity contribution in [3.63, 3.8) is 0 Å². The average molecular weight is 710 g/mol. The van der Waals surface area contributed by atoms with Gasteiger partial charge in [-0.1, -0.05) is 79.0 Å². The number of aryl methyl sites for hydroxylation is 1. The lowest BCUT2D eigenvalue weighted by Crippen LogP contribution is -2.36. The van der Waals surface area contributed by atoms with Crippen LogP contribution in [0.4, 0.5) is 22.5 Å². The molecule has 3 aromatic rings. The maximum atomic E-state index is 12.6. The number of carbonyl (C=O) groups excluding carboxylic acids is 2. The molecule has 11 heteroatoms. The fourth-order valence-corrected chi connectivity index (χ4v) is 6.07. The third-order valence-corrected chi connectivity index (χ3v) is 8.90. The van der Waals surface area contributed by atoms with Crippen LogP contribution in [0.25, 0.3) is 10.6 Å². The van der Waals surface area contributed by atoms with Crippen LogP contribution in [0.2, 0.25) is 0 Å². The predicted molar refractivity (Wildman–Crippen MR) is 211 cm³/mol. The molecule has 10 nitrogen and oxygen atoms in total. The lowest BCUT2D eigenvalue weighted by molar-refractivity contribution is -0.124. The summed E-state index contributed by atoms with van der Waals surface area (Å²) in [5.41, 5.74) is 3.49. The van der Waals surface area contributed by atoms with Crippen molar-refractivity contribution >= 4 is 45.6 Å². The quantitative estimate of drug-likeness (QED) is 0.0790. The number of anilines is 4. The maximum Gasteiger partial charge on any atom is 0.245 e. The molecule has 3 heterocycles. The number of nitrogens with one attached hydrogen (secondary N) is 3. The van der Waals surface area contributed by atoms with Crippen molar-refractivity contribution in [3.05, 3.63) is 103 Å². The van der Waals surface area contributed by atoms with Crippen molar-refractivity contribution in [1.29, 1.82) is 0 Å². The van der Waals surface area contributed by atoms with Gasteiger partial charge in [-0.3, -0.25) is 9.59 Å². The average Bonchev–Trinajstić information content (AvgIpc) is 3.52. The second-order valence-electron chi connectivity index (χ2n) is 11.9. The lowest BCUT2D eigenvalue weighted by Gasteiger charge is -2.28. The molecule has 51 heavy (non-hydrogen) atoms. The third kappa shape index (κ3) is 14.9. The van der Waals surface area contributed by atoms with Gasteiger partial charge in [0.25, 0.3) is 0 Å². The monoisotopic (exact) mass is 709 g/mol. The first-order valence-corrected chi connectivity index (χ1v) is 18.7. The third-order valence-electron chi connectivity index (χ3n) is 7.81. The van der Waals surface area contributed by atoms with Crippen LogP contribution in [0.15, 0.2) is 97.3 Å². The molecule has 3 N–H and O–H groups in total. The van der Waals surface area contributed by atoms with Crippen LogP contribution < -0.4 is 20.9 Å². The SMILES string of the molecule is CC/C=C\C/C=C\C/C=C\C/C=C\C/C=C\CCCC(=O)NCC(=O)Nc1nc(C)c(-c2ccnc(Nc3ccc(N4CCOCC4)cc3)n2)s1. The second kappa shape index (κ2) is 22.8. The zero-order valence-electron chi connectivity index (χ0n) is 29.9. The summed E-state index contributed by atoms with van der Waals surface area (Å²) in [6.45, 7) is 7.16. The number of carbonyl (C=O) groups is 2. The number of unbranched alkanes of at least 4 members (excludes halogenated alkanes) is 1. The van der Waals surface area contributed by atoms with Gasteiger partial charge < -0.3 is 25.6 Å². The first-order chi connectivity index (χ1) is 25.0. The Hall–Kier alpha value is -4.87. The molecule has 1 aliphatic heterocycles. The highest BCUT2D eigenvalue weighted by molar-refractivity contribution is 7.19. The minimum absolute atomic E-state index is 0.111. The van der Waals surface area contributed by atoms with Crippen molar-refractivity contribution in [2.24, 2.45) is 0 Å². The standard InChI is InChI=1S/C40H51N7O3S/c1-3-4-5-6-7-8-9-10-11-12-13-14-15-16-17-18-19-20-36(48)42-31-37(49)46-40-43-32(2)38(51-40)35-25-26-41-39(45-35)44-33-21-23-34(24-22-33)47-27-29-50-30-28-47/h4-5,7-8,10-11,13-14,16-17,21-26H,3,6,9,12,15,18-20,27-31H2,1-2H3,(H,42,48)(H,41,44,45)(H,43,46,49)/b5-4-,8-7-,11-10-,14-13-,17-16-. The van der Waals surface area contributed by atoms with Gasteiger partial charge in [0, 0.05) is 37.1 Å². The lowest BCUT2D eigenvalue weighted by atomic mass is 10.2. The van der Waals surface area contributed by atoms with Gasteiger partial charge in [0.05, 0.1) is 36.0 Å². The second-order valence-corrected chi connectivity index (χ2v) is 12.9. The summed E-state index contributed by atoms with van der Waals surface area (Å²) in [6.07, 6.45) is 30.1. The van der Waals surface area contributed by atoms with Crippen LogP contribution in [0, 0.1) is 6.92 Å². The number of hydrogen-bond acceptors (Lipinski definition) is 9. The Morgan fingerprint density at radius 3 is 2.16 bits per heavy atom. The van der Waals surface area contributed by atoms with Crippen LogP contribution >= 0.6 is 11.3 Å². The number of hydrogen-bond donors (Lipinski definition) is 3. The van der Waals surface area contributed by atoms with E-state index in [1.54, 1.807) is 6.20 Å². The molecule has 270 valence electrons. The molecule has 0 unspecified atom stereocenters. The molecule has 0 atom stereocenters. The molecule has 0 bridgehead atoms. The van der Waals surface area contributed by atoms with Gasteiger partial charge in [-0.2, -0.15) is 0 Å². The van der Waals surface area contributed by atoms with E-state index in [4.69, 9.17) is 4.74 Å². The molecule has 0 radical (unpaired) electrons. The van der Waals surface area contributed by atoms with E-state index >= 15 is 0 Å². The molecule has 1 saturated heterocycles. The van der Waals surface area contributed by atoms with E-state index in [-0.39, 0.29) is 18.4 Å². The van der Waals surface area contributed by atoms with E-state index in [9.17, 15) is 9.59 Å². The van der Waals surface area contributed by atoms with Gasteiger partial charge >= 0.3 is 0 Å². The van der Waals surface area contributed by atoms with Crippen LogP contribution in [0.5, 0.6) is 0 Å². The number of benzene rings is 1. The molecule has 0 aliphatic carbocycles. The summed E-state index contributed by atoms with van der Waals surface area (Å²) in [5, 5.41) is 9.22. The number of thiazole rings is 1. The molecular weight excluding hydrogens is 659 g/mol. The molecule has 1 fully saturated rings. The first kappa shape index (κ1) is 38.9. The van der Waals surface area contributed by atoms with Crippen molar-refractivity contribution in [1.82, 2.24) is 20.3 Å². The highest BCUT2D eigenvalue weighted by atomic mass is 32.1. The molecule has 0 saturated carbocycles. The van der Waals surface area contributed by atoms with Crippen LogP contribution in [0.1, 0.15) is 64.0 Å². The Bertz CT molecular complexity index is 1650. The Labute approximate surface area is 306 Å². The van der Waals surface area contributed by atoms with E-state index in [1.807, 2.05) is 25.1 Å². The minimum atomic E-state index is -0.327. The fourth-order valence-electron chi connectivity index (χ4n) is 5.12. The normalized spacial score (nSPS) is 13.7. The van der Waals surface area contributed by atoms with Crippen molar-refractivity contribution in [3.8, 4) is 10.6 Å². The van der Waals surface area contributed by atoms with Crippen LogP contribution in [-0.2, 0) is 14.3 Å². The topological polar surface area (TPSA) is 121 Å². The van der Waals surface area contributed by atoms with Gasteiger partial charge in [0.1, 0.15) is 0 Å². The summed E-state index contributed by atoms with van der Waals surface area (Å²) < 4.78 is 5.45. The number of allylic oxidation sites excluding steroid dienone is 10. The first-order valence-electron chi connectivity index (χ1n) is 17.8. The molecule has 4 rings (SSSR count). The summed E-state index contributed by atoms with van der Waals surface area (Å²) >= 11 is 1.33. The van der Waals surface area contributed by atoms with Gasteiger partial charge in [0.15, 0.2) is 5.13 Å². The summed E-state index contributed by atoms with van der Waals surface area (Å²) in [6, 6.07) is 10.00. The van der Waals surface area contributed by atoms with E-state index in [0.29, 0.717) is 23.2 Å². The molecular formula is C40H51N7O3S. The van der Waals surface area contributed by atoms with E-state index in [2.05, 4.69) is 116 Å². The smallest absolute Gasteiger partial charge is 0.245 e. The zero-order valence-corrected chi connectivity index (χ0v) is 30.7. The van der Waals surface area contributed by atoms with E-state index in [0.717, 1.165) is 93.2 Å². The number of morpholine rings is 1. The van der Waals surface area contributed by atoms with Crippen molar-refractivity contribution in [2.75, 3.05) is 48.4 Å². The molecule has 1 aromatic carbocycles. The van der Waals surface area contributed by atoms with Crippen molar-refractivity contribution < 1.29 is 14.3 Å². The Morgan fingerprint density at radius 1 is 0.843 bits per heavy atom. The van der Waals surface area contributed by atoms with Gasteiger partial charge in [-0.05, 0) is 82.2 Å². The summed E-state index contributed by atoms with van der Waals surface area (Å²) in [4.78, 5) is 41.5. The number of aromatic nitrogens is 3. The minimum Gasteiger partial charge on any atom is -0.378 e. The Morgan fingerprint density at radius 2 is 1.49 bits per heavy atom. The molecule has 2 aromatic heterocycles. The molecule has 2 amide bonds. The zero-order chi connectivity index (χ0) is 35.9. The van der Waals surface area contributed by atoms with Crippen molar-refractivity contribution in [2.45, 2.75) is 65.2 Å². The Kier molecular flexibility index (Phi) is 17.4. The summed E-state index contributed by atoms with van der Waals surface area (Å²) in [5.74, 6) is -0.00799. The number of ether oxygens (including phenoxy) is 1. The molecule has 0 spiro atoms. The predicted octanol–water partition coefficient (Wildman–Crippen LogP) is 8.47. The van der Waals surface area contributed by atoms with Crippen LogP contribution in [-0.4, -0.2) is 59.6 Å². The number of rotatable bonds is 20. The number of nitrogens with zero attached hydrogens (tertiary/aromatic N) is 4. The highest BCUT2D eigenvalue weighted by Crippen LogP contribution is 2.32. The Balaban J connectivity index is 1.10.